The van der Waals surface area contributed by atoms with Crippen molar-refractivity contribution in [1.82, 2.24) is 15.0 Å². The predicted octanol–water partition coefficient (Wildman–Crippen LogP) is 1.78. The molecule has 6 nitrogen and oxygen atoms in total. The van der Waals surface area contributed by atoms with E-state index in [-0.39, 0.29) is 5.95 Å². The molecule has 0 amide bonds. The van der Waals surface area contributed by atoms with Gasteiger partial charge in [-0.3, -0.25) is 0 Å². The summed E-state index contributed by atoms with van der Waals surface area (Å²) in [4.78, 5) is 17.1. The summed E-state index contributed by atoms with van der Waals surface area (Å²) >= 11 is 0. The monoisotopic (exact) mass is 266 g/mol. The minimum Gasteiger partial charge on any atom is -0.368 e. The van der Waals surface area contributed by atoms with E-state index < -0.39 is 0 Å². The highest BCUT2D eigenvalue weighted by molar-refractivity contribution is 5.43. The van der Waals surface area contributed by atoms with Crippen molar-refractivity contribution in [3.05, 3.63) is 0 Å². The van der Waals surface area contributed by atoms with Gasteiger partial charge < -0.3 is 15.5 Å². The van der Waals surface area contributed by atoms with Crippen molar-refractivity contribution in [2.45, 2.75) is 40.7 Å². The summed E-state index contributed by atoms with van der Waals surface area (Å²) in [6, 6.07) is 0.339. The molecule has 19 heavy (non-hydrogen) atoms. The molecule has 1 rings (SSSR count). The zero-order valence-corrected chi connectivity index (χ0v) is 12.9. The lowest BCUT2D eigenvalue weighted by molar-refractivity contribution is 0.499. The maximum atomic E-state index is 5.81. The van der Waals surface area contributed by atoms with Crippen LogP contribution in [0.15, 0.2) is 0 Å². The van der Waals surface area contributed by atoms with Crippen molar-refractivity contribution in [1.29, 1.82) is 0 Å². The molecule has 0 saturated carbocycles. The average molecular weight is 266 g/mol. The molecule has 0 fully saturated rings. The third kappa shape index (κ3) is 3.68. The van der Waals surface area contributed by atoms with Crippen LogP contribution in [0.1, 0.15) is 34.6 Å². The topological polar surface area (TPSA) is 71.2 Å². The van der Waals surface area contributed by atoms with Gasteiger partial charge in [0.2, 0.25) is 17.8 Å². The minimum absolute atomic E-state index is 0.273. The first-order valence-electron chi connectivity index (χ1n) is 6.89. The fourth-order valence-corrected chi connectivity index (χ4v) is 1.80. The van der Waals surface area contributed by atoms with Gasteiger partial charge in [-0.25, -0.2) is 0 Å². The Morgan fingerprint density at radius 1 is 1.00 bits per heavy atom. The van der Waals surface area contributed by atoms with E-state index >= 15 is 0 Å². The second kappa shape index (κ2) is 6.54. The van der Waals surface area contributed by atoms with Crippen LogP contribution in [0, 0.1) is 5.92 Å². The molecular formula is C13H26N6. The van der Waals surface area contributed by atoms with Crippen LogP contribution in [0.2, 0.25) is 0 Å². The van der Waals surface area contributed by atoms with Crippen molar-refractivity contribution in [3.8, 4) is 0 Å². The van der Waals surface area contributed by atoms with Gasteiger partial charge in [-0.15, -0.1) is 0 Å². The lowest BCUT2D eigenvalue weighted by atomic mass is 10.1. The molecule has 0 aliphatic heterocycles. The van der Waals surface area contributed by atoms with Gasteiger partial charge in [0.1, 0.15) is 0 Å². The summed E-state index contributed by atoms with van der Waals surface area (Å²) in [6.45, 7) is 12.4. The van der Waals surface area contributed by atoms with Gasteiger partial charge in [0.25, 0.3) is 0 Å². The first-order valence-corrected chi connectivity index (χ1v) is 6.89. The largest absolute Gasteiger partial charge is 0.368 e. The second-order valence-corrected chi connectivity index (χ2v) is 5.06. The van der Waals surface area contributed by atoms with Gasteiger partial charge in [-0.2, -0.15) is 15.0 Å². The number of nitrogens with two attached hydrogens (primary N) is 1. The Balaban J connectivity index is 3.08. The zero-order chi connectivity index (χ0) is 14.6. The van der Waals surface area contributed by atoms with Gasteiger partial charge in [0, 0.05) is 26.2 Å². The van der Waals surface area contributed by atoms with E-state index in [1.165, 1.54) is 0 Å². The van der Waals surface area contributed by atoms with Crippen molar-refractivity contribution in [3.63, 3.8) is 0 Å². The normalized spacial score (nSPS) is 12.6. The van der Waals surface area contributed by atoms with Gasteiger partial charge in [0.15, 0.2) is 0 Å². The van der Waals surface area contributed by atoms with E-state index in [0.29, 0.717) is 23.9 Å². The number of rotatable bonds is 6. The Hall–Kier alpha value is -1.59. The fraction of sp³-hybridized carbons (Fsp3) is 0.769. The molecule has 108 valence electrons. The Morgan fingerprint density at radius 3 is 2.00 bits per heavy atom. The Morgan fingerprint density at radius 2 is 1.53 bits per heavy atom. The first-order chi connectivity index (χ1) is 8.90. The van der Waals surface area contributed by atoms with Crippen molar-refractivity contribution < 1.29 is 0 Å². The van der Waals surface area contributed by atoms with Crippen LogP contribution in [0.4, 0.5) is 17.8 Å². The fourth-order valence-electron chi connectivity index (χ4n) is 1.80. The Kier molecular flexibility index (Phi) is 5.32. The lowest BCUT2D eigenvalue weighted by Gasteiger charge is -2.29. The summed E-state index contributed by atoms with van der Waals surface area (Å²) in [7, 11) is 1.99. The quantitative estimate of drug-likeness (QED) is 0.846. The molecular weight excluding hydrogens is 240 g/mol. The third-order valence-corrected chi connectivity index (χ3v) is 3.57. The molecule has 0 spiro atoms. The van der Waals surface area contributed by atoms with Crippen LogP contribution in [-0.4, -0.2) is 41.1 Å². The Bertz CT molecular complexity index is 402. The average Bonchev–Trinajstić information content (AvgIpc) is 2.37. The molecule has 0 bridgehead atoms. The smallest absolute Gasteiger partial charge is 0.231 e. The molecule has 0 aliphatic carbocycles. The number of nitrogens with zero attached hydrogens (tertiary/aromatic N) is 5. The summed E-state index contributed by atoms with van der Waals surface area (Å²) in [5, 5.41) is 0. The van der Waals surface area contributed by atoms with Gasteiger partial charge in [-0.1, -0.05) is 13.8 Å². The van der Waals surface area contributed by atoms with E-state index in [1.54, 1.807) is 0 Å². The zero-order valence-electron chi connectivity index (χ0n) is 12.9. The highest BCUT2D eigenvalue weighted by Crippen LogP contribution is 2.18. The molecule has 1 atom stereocenters. The number of aromatic nitrogens is 3. The molecule has 0 saturated heterocycles. The van der Waals surface area contributed by atoms with Crippen molar-refractivity contribution in [2.24, 2.45) is 5.92 Å². The first kappa shape index (κ1) is 15.5. The summed E-state index contributed by atoms with van der Waals surface area (Å²) in [5.41, 5.74) is 5.81. The summed E-state index contributed by atoms with van der Waals surface area (Å²) < 4.78 is 0. The maximum Gasteiger partial charge on any atom is 0.231 e. The van der Waals surface area contributed by atoms with Crippen LogP contribution >= 0.6 is 0 Å². The number of nitrogen functional groups attached to an aromatic ring is 1. The lowest BCUT2D eigenvalue weighted by Crippen LogP contribution is -2.35. The molecule has 1 unspecified atom stereocenters. The van der Waals surface area contributed by atoms with Crippen LogP contribution in [0.5, 0.6) is 0 Å². The van der Waals surface area contributed by atoms with Crippen LogP contribution in [0.25, 0.3) is 0 Å². The molecule has 0 aliphatic rings. The molecule has 1 aromatic heterocycles. The maximum absolute atomic E-state index is 5.81. The van der Waals surface area contributed by atoms with E-state index in [2.05, 4.69) is 59.4 Å². The van der Waals surface area contributed by atoms with Crippen molar-refractivity contribution in [2.75, 3.05) is 35.7 Å². The second-order valence-electron chi connectivity index (χ2n) is 5.06. The molecule has 1 heterocycles. The third-order valence-electron chi connectivity index (χ3n) is 3.57. The Labute approximate surface area is 116 Å². The van der Waals surface area contributed by atoms with E-state index in [0.717, 1.165) is 13.1 Å². The molecule has 1 aromatic rings. The standard InChI is InChI=1S/C13H26N6/c1-7-19(8-2)13-16-11(14)15-12(17-13)18(6)10(5)9(3)4/h9-10H,7-8H2,1-6H3,(H2,14,15,16,17). The van der Waals surface area contributed by atoms with Crippen LogP contribution in [0.3, 0.4) is 0 Å². The molecule has 0 radical (unpaired) electrons. The SMILES string of the molecule is CCN(CC)c1nc(N)nc(N(C)C(C)C(C)C)n1. The van der Waals surface area contributed by atoms with Gasteiger partial charge >= 0.3 is 0 Å². The summed E-state index contributed by atoms with van der Waals surface area (Å²) in [5.74, 6) is 2.07. The predicted molar refractivity (Wildman–Crippen MR) is 80.5 cm³/mol. The van der Waals surface area contributed by atoms with E-state index in [9.17, 15) is 0 Å². The minimum atomic E-state index is 0.273. The van der Waals surface area contributed by atoms with E-state index in [1.807, 2.05) is 7.05 Å². The van der Waals surface area contributed by atoms with Crippen molar-refractivity contribution >= 4 is 17.8 Å². The van der Waals surface area contributed by atoms with Crippen LogP contribution < -0.4 is 15.5 Å². The highest BCUT2D eigenvalue weighted by Gasteiger charge is 2.18. The number of anilines is 3. The highest BCUT2D eigenvalue weighted by atomic mass is 15.3. The number of hydrogen-bond donors (Lipinski definition) is 1. The number of hydrogen-bond acceptors (Lipinski definition) is 6. The van der Waals surface area contributed by atoms with E-state index in [4.69, 9.17) is 5.73 Å². The molecule has 6 heteroatoms. The van der Waals surface area contributed by atoms with Gasteiger partial charge in [-0.05, 0) is 26.7 Å². The van der Waals surface area contributed by atoms with Gasteiger partial charge in [0.05, 0.1) is 0 Å². The van der Waals surface area contributed by atoms with Crippen LogP contribution in [-0.2, 0) is 0 Å². The summed E-state index contributed by atoms with van der Waals surface area (Å²) in [6.07, 6.45) is 0. The molecule has 2 N–H and O–H groups in total. The molecule has 0 aromatic carbocycles.